The number of likely N-dealkylation sites (tertiary alicyclic amines) is 1. The molecule has 2 aromatic heterocycles. The molecule has 1 aliphatic rings. The Kier molecular flexibility index (Phi) is 6.07. The maximum absolute atomic E-state index is 14.3. The fourth-order valence-electron chi connectivity index (χ4n) is 4.02. The molecule has 5 rings (SSSR count). The van der Waals surface area contributed by atoms with Gasteiger partial charge in [-0.1, -0.05) is 11.6 Å². The summed E-state index contributed by atoms with van der Waals surface area (Å²) in [6.45, 7) is 2.09. The van der Waals surface area contributed by atoms with E-state index in [0.717, 1.165) is 48.3 Å². The Hall–Kier alpha value is -3.29. The molecule has 4 aromatic rings. The zero-order valence-corrected chi connectivity index (χ0v) is 18.9. The highest BCUT2D eigenvalue weighted by molar-refractivity contribution is 6.30. The van der Waals surface area contributed by atoms with E-state index < -0.39 is 5.82 Å². The molecule has 168 valence electrons. The van der Waals surface area contributed by atoms with Gasteiger partial charge in [0.15, 0.2) is 0 Å². The lowest BCUT2D eigenvalue weighted by molar-refractivity contribution is 0.114. The second kappa shape index (κ2) is 9.29. The summed E-state index contributed by atoms with van der Waals surface area (Å²) in [5.74, 6) is 0.420. The maximum Gasteiger partial charge on any atom is 0.132 e. The van der Waals surface area contributed by atoms with Crippen LogP contribution in [0.2, 0.25) is 5.02 Å². The number of fused-ring (bicyclic) bond motifs is 1. The predicted octanol–water partition coefficient (Wildman–Crippen LogP) is 5.70. The summed E-state index contributed by atoms with van der Waals surface area (Å²) >= 11 is 6.03. The molecule has 1 saturated heterocycles. The second-order valence-electron chi connectivity index (χ2n) is 8.24. The molecule has 2 aromatic carbocycles. The van der Waals surface area contributed by atoms with E-state index in [0.29, 0.717) is 22.0 Å². The molecule has 3 heterocycles. The first kappa shape index (κ1) is 21.6. The topological polar surface area (TPSA) is 63.2 Å². The average molecular weight is 464 g/mol. The quantitative estimate of drug-likeness (QED) is 0.409. The molecule has 0 saturated carbocycles. The molecule has 0 radical (unpaired) electrons. The Labute approximate surface area is 196 Å². The normalized spacial score (nSPS) is 15.0. The van der Waals surface area contributed by atoms with Gasteiger partial charge in [-0.2, -0.15) is 10.2 Å². The van der Waals surface area contributed by atoms with Gasteiger partial charge in [-0.25, -0.2) is 4.39 Å². The van der Waals surface area contributed by atoms with E-state index in [4.69, 9.17) is 16.3 Å². The van der Waals surface area contributed by atoms with E-state index in [1.54, 1.807) is 24.5 Å². The Morgan fingerprint density at radius 3 is 2.79 bits per heavy atom. The Morgan fingerprint density at radius 2 is 1.94 bits per heavy atom. The van der Waals surface area contributed by atoms with E-state index in [9.17, 15) is 4.39 Å². The predicted molar refractivity (Wildman–Crippen MR) is 129 cm³/mol. The Morgan fingerprint density at radius 1 is 1.09 bits per heavy atom. The number of benzene rings is 2. The second-order valence-corrected chi connectivity index (χ2v) is 8.67. The van der Waals surface area contributed by atoms with Gasteiger partial charge >= 0.3 is 0 Å². The molecule has 0 unspecified atom stereocenters. The number of nitrogens with zero attached hydrogens (tertiary/aromatic N) is 4. The minimum absolute atomic E-state index is 0.230. The van der Waals surface area contributed by atoms with Crippen molar-refractivity contribution in [1.82, 2.24) is 20.1 Å². The molecular formula is C25H23ClFN5O. The fourth-order valence-corrected chi connectivity index (χ4v) is 4.19. The van der Waals surface area contributed by atoms with E-state index in [1.165, 1.54) is 12.1 Å². The third kappa shape index (κ3) is 4.89. The summed E-state index contributed by atoms with van der Waals surface area (Å²) in [5.41, 5.74) is 3.06. The Bertz CT molecular complexity index is 1290. The van der Waals surface area contributed by atoms with Crippen LogP contribution in [0.3, 0.4) is 0 Å². The van der Waals surface area contributed by atoms with Crippen molar-refractivity contribution in [3.8, 4) is 17.0 Å². The van der Waals surface area contributed by atoms with Crippen molar-refractivity contribution in [3.63, 3.8) is 0 Å². The number of piperidine rings is 1. The average Bonchev–Trinajstić information content (AvgIpc) is 2.82. The van der Waals surface area contributed by atoms with E-state index in [-0.39, 0.29) is 6.10 Å². The minimum atomic E-state index is -0.405. The van der Waals surface area contributed by atoms with Crippen LogP contribution in [0, 0.1) is 5.82 Å². The van der Waals surface area contributed by atoms with Crippen molar-refractivity contribution in [3.05, 3.63) is 71.8 Å². The molecule has 0 spiro atoms. The van der Waals surface area contributed by atoms with Crippen LogP contribution in [0.1, 0.15) is 12.8 Å². The number of aromatic nitrogens is 3. The summed E-state index contributed by atoms with van der Waals surface area (Å²) in [6.07, 6.45) is 5.61. The zero-order valence-electron chi connectivity index (χ0n) is 18.1. The third-order valence-electron chi connectivity index (χ3n) is 5.82. The van der Waals surface area contributed by atoms with Crippen molar-refractivity contribution in [1.29, 1.82) is 0 Å². The smallest absolute Gasteiger partial charge is 0.132 e. The van der Waals surface area contributed by atoms with Crippen molar-refractivity contribution >= 4 is 33.9 Å². The monoisotopic (exact) mass is 463 g/mol. The van der Waals surface area contributed by atoms with Gasteiger partial charge in [0.1, 0.15) is 17.7 Å². The highest BCUT2D eigenvalue weighted by Crippen LogP contribution is 2.31. The fraction of sp³-hybridized carbons (Fsp3) is 0.240. The van der Waals surface area contributed by atoms with Gasteiger partial charge in [-0.05, 0) is 62.4 Å². The minimum Gasteiger partial charge on any atom is -0.490 e. The third-order valence-corrected chi connectivity index (χ3v) is 6.06. The molecule has 6 nitrogen and oxygen atoms in total. The summed E-state index contributed by atoms with van der Waals surface area (Å²) in [5, 5.41) is 12.8. The van der Waals surface area contributed by atoms with Crippen LogP contribution in [0.25, 0.3) is 22.2 Å². The molecular weight excluding hydrogens is 441 g/mol. The largest absolute Gasteiger partial charge is 0.490 e. The summed E-state index contributed by atoms with van der Waals surface area (Å²) in [6, 6.07) is 13.9. The molecule has 0 bridgehead atoms. The van der Waals surface area contributed by atoms with Gasteiger partial charge < -0.3 is 15.0 Å². The first-order valence-electron chi connectivity index (χ1n) is 10.8. The molecule has 0 amide bonds. The van der Waals surface area contributed by atoms with Crippen LogP contribution in [-0.4, -0.2) is 46.3 Å². The highest BCUT2D eigenvalue weighted by atomic mass is 35.5. The van der Waals surface area contributed by atoms with E-state index in [2.05, 4.69) is 32.4 Å². The number of hydrogen-bond acceptors (Lipinski definition) is 6. The number of halogens is 2. The number of anilines is 2. The molecule has 1 fully saturated rings. The van der Waals surface area contributed by atoms with Crippen molar-refractivity contribution in [2.45, 2.75) is 18.9 Å². The number of ether oxygens (including phenoxy) is 1. The van der Waals surface area contributed by atoms with Gasteiger partial charge in [-0.3, -0.25) is 4.98 Å². The molecule has 0 aliphatic carbocycles. The van der Waals surface area contributed by atoms with Crippen LogP contribution in [0.15, 0.2) is 60.9 Å². The summed E-state index contributed by atoms with van der Waals surface area (Å²) in [4.78, 5) is 6.83. The van der Waals surface area contributed by atoms with Gasteiger partial charge in [-0.15, -0.1) is 0 Å². The van der Waals surface area contributed by atoms with Gasteiger partial charge in [0.05, 0.1) is 23.1 Å². The lowest BCUT2D eigenvalue weighted by Gasteiger charge is -2.29. The number of pyridine rings is 1. The molecule has 1 aliphatic heterocycles. The molecule has 8 heteroatoms. The lowest BCUT2D eigenvalue weighted by Crippen LogP contribution is -2.35. The van der Waals surface area contributed by atoms with E-state index in [1.807, 2.05) is 24.3 Å². The van der Waals surface area contributed by atoms with E-state index >= 15 is 0 Å². The van der Waals surface area contributed by atoms with Gasteiger partial charge in [0.25, 0.3) is 0 Å². The SMILES string of the molecule is CN1CCC(Oc2ccc3c(Nc4cnnc(-c5cc(Cl)ccc5F)c4)ccnc3c2)CC1. The maximum atomic E-state index is 14.3. The zero-order chi connectivity index (χ0) is 22.8. The number of hydrogen-bond donors (Lipinski definition) is 1. The van der Waals surface area contributed by atoms with Crippen LogP contribution in [0.4, 0.5) is 15.8 Å². The van der Waals surface area contributed by atoms with Crippen LogP contribution < -0.4 is 10.1 Å². The summed E-state index contributed by atoms with van der Waals surface area (Å²) in [7, 11) is 2.14. The first-order chi connectivity index (χ1) is 16.0. The van der Waals surface area contributed by atoms with Gasteiger partial charge in [0, 0.05) is 47.0 Å². The molecule has 33 heavy (non-hydrogen) atoms. The van der Waals surface area contributed by atoms with Crippen molar-refractivity contribution < 1.29 is 9.13 Å². The molecule has 1 N–H and O–H groups in total. The van der Waals surface area contributed by atoms with Crippen LogP contribution in [-0.2, 0) is 0 Å². The number of rotatable bonds is 5. The Balaban J connectivity index is 1.39. The highest BCUT2D eigenvalue weighted by Gasteiger charge is 2.18. The number of nitrogens with one attached hydrogen (secondary N) is 1. The first-order valence-corrected chi connectivity index (χ1v) is 11.2. The van der Waals surface area contributed by atoms with Gasteiger partial charge in [0.2, 0.25) is 0 Å². The lowest BCUT2D eigenvalue weighted by atomic mass is 10.1. The standard InChI is InChI=1S/C25H23ClFN5O/c1-32-10-7-18(8-11-32)33-19-3-4-20-23(6-9-28-24(20)14-19)30-17-13-25(31-29-15-17)21-12-16(26)2-5-22(21)27/h2-6,9,12-15,18H,7-8,10-11H2,1H3,(H,28,30,31). The van der Waals surface area contributed by atoms with Crippen molar-refractivity contribution in [2.24, 2.45) is 0 Å². The van der Waals surface area contributed by atoms with Crippen molar-refractivity contribution in [2.75, 3.05) is 25.5 Å². The van der Waals surface area contributed by atoms with Crippen LogP contribution in [0.5, 0.6) is 5.75 Å². The molecule has 0 atom stereocenters. The summed E-state index contributed by atoms with van der Waals surface area (Å²) < 4.78 is 20.5. The van der Waals surface area contributed by atoms with Crippen LogP contribution >= 0.6 is 11.6 Å².